The molecule has 26 heavy (non-hydrogen) atoms. The molecule has 1 aliphatic rings. The van der Waals surface area contributed by atoms with E-state index >= 15 is 0 Å². The van der Waals surface area contributed by atoms with Crippen molar-refractivity contribution in [3.05, 3.63) is 71.3 Å². The number of carbonyl (C=O) groups is 1. The van der Waals surface area contributed by atoms with E-state index in [0.29, 0.717) is 38.3 Å². The third-order valence-corrected chi connectivity index (χ3v) is 6.51. The molecule has 3 rings (SSSR count). The van der Waals surface area contributed by atoms with Gasteiger partial charge in [0.05, 0.1) is 12.3 Å². The van der Waals surface area contributed by atoms with Gasteiger partial charge in [0.15, 0.2) is 5.78 Å². The highest BCUT2D eigenvalue weighted by molar-refractivity contribution is 7.88. The molecule has 1 fully saturated rings. The molecule has 0 atom stereocenters. The minimum absolute atomic E-state index is 0.0239. The second-order valence-corrected chi connectivity index (χ2v) is 8.68. The minimum atomic E-state index is -3.32. The number of aryl methyl sites for hydroxylation is 1. The van der Waals surface area contributed by atoms with Crippen LogP contribution in [0, 0.1) is 6.92 Å². The zero-order chi connectivity index (χ0) is 18.6. The third-order valence-electron chi connectivity index (χ3n) is 4.66. The summed E-state index contributed by atoms with van der Waals surface area (Å²) in [6, 6.07) is 16.8. The predicted molar refractivity (Wildman–Crippen MR) is 103 cm³/mol. The molecule has 0 unspecified atom stereocenters. The van der Waals surface area contributed by atoms with Crippen LogP contribution in [-0.2, 0) is 15.8 Å². The summed E-state index contributed by atoms with van der Waals surface area (Å²) in [6.07, 6.45) is 0. The number of rotatable bonds is 6. The zero-order valence-electron chi connectivity index (χ0n) is 15.0. The summed E-state index contributed by atoms with van der Waals surface area (Å²) in [4.78, 5) is 14.4. The SMILES string of the molecule is Cc1ccc(C(=O)CN2CCN(S(=O)(=O)Cc3ccccc3)CC2)cc1. The van der Waals surface area contributed by atoms with E-state index in [-0.39, 0.29) is 11.5 Å². The van der Waals surface area contributed by atoms with E-state index < -0.39 is 10.0 Å². The lowest BCUT2D eigenvalue weighted by Gasteiger charge is -2.33. The lowest BCUT2D eigenvalue weighted by atomic mass is 10.1. The Labute approximate surface area is 155 Å². The molecule has 1 aliphatic heterocycles. The van der Waals surface area contributed by atoms with Crippen LogP contribution in [0.2, 0.25) is 0 Å². The van der Waals surface area contributed by atoms with E-state index in [0.717, 1.165) is 11.1 Å². The van der Waals surface area contributed by atoms with Gasteiger partial charge in [-0.05, 0) is 12.5 Å². The Morgan fingerprint density at radius 2 is 1.54 bits per heavy atom. The van der Waals surface area contributed by atoms with Crippen LogP contribution in [-0.4, -0.2) is 56.1 Å². The predicted octanol–water partition coefficient (Wildman–Crippen LogP) is 2.33. The summed E-state index contributed by atoms with van der Waals surface area (Å²) >= 11 is 0. The number of piperazine rings is 1. The molecule has 0 spiro atoms. The lowest BCUT2D eigenvalue weighted by molar-refractivity contribution is 0.0901. The van der Waals surface area contributed by atoms with Crippen LogP contribution >= 0.6 is 0 Å². The molecule has 2 aromatic carbocycles. The van der Waals surface area contributed by atoms with Gasteiger partial charge in [0.1, 0.15) is 0 Å². The van der Waals surface area contributed by atoms with Crippen molar-refractivity contribution in [2.75, 3.05) is 32.7 Å². The maximum Gasteiger partial charge on any atom is 0.218 e. The molecule has 0 amide bonds. The Morgan fingerprint density at radius 3 is 2.15 bits per heavy atom. The Kier molecular flexibility index (Phi) is 5.86. The molecule has 5 nitrogen and oxygen atoms in total. The van der Waals surface area contributed by atoms with Crippen LogP contribution in [0.4, 0.5) is 0 Å². The Bertz CT molecular complexity index is 840. The Morgan fingerprint density at radius 1 is 0.923 bits per heavy atom. The van der Waals surface area contributed by atoms with Gasteiger partial charge in [0.25, 0.3) is 0 Å². The summed E-state index contributed by atoms with van der Waals surface area (Å²) in [6.45, 7) is 4.32. The van der Waals surface area contributed by atoms with Crippen molar-refractivity contribution in [1.29, 1.82) is 0 Å². The average Bonchev–Trinajstić information content (AvgIpc) is 2.63. The van der Waals surface area contributed by atoms with E-state index in [2.05, 4.69) is 0 Å². The molecule has 1 saturated heterocycles. The van der Waals surface area contributed by atoms with Crippen LogP contribution in [0.3, 0.4) is 0 Å². The molecule has 2 aromatic rings. The zero-order valence-corrected chi connectivity index (χ0v) is 15.8. The number of Topliss-reactive ketones (excluding diaryl/α,β-unsaturated/α-hetero) is 1. The van der Waals surface area contributed by atoms with Gasteiger partial charge >= 0.3 is 0 Å². The van der Waals surface area contributed by atoms with Gasteiger partial charge in [-0.15, -0.1) is 0 Å². The number of nitrogens with zero attached hydrogens (tertiary/aromatic N) is 2. The fourth-order valence-corrected chi connectivity index (χ4v) is 4.59. The summed E-state index contributed by atoms with van der Waals surface area (Å²) < 4.78 is 26.7. The van der Waals surface area contributed by atoms with E-state index in [1.54, 1.807) is 0 Å². The van der Waals surface area contributed by atoms with Crippen LogP contribution < -0.4 is 0 Å². The van der Waals surface area contributed by atoms with Gasteiger partial charge in [-0.3, -0.25) is 9.69 Å². The topological polar surface area (TPSA) is 57.7 Å². The number of benzene rings is 2. The number of hydrogen-bond acceptors (Lipinski definition) is 4. The number of ketones is 1. The van der Waals surface area contributed by atoms with Gasteiger partial charge in [-0.1, -0.05) is 60.2 Å². The molecule has 6 heteroatoms. The Hall–Kier alpha value is -2.02. The molecule has 0 bridgehead atoms. The third kappa shape index (κ3) is 4.78. The number of hydrogen-bond donors (Lipinski definition) is 0. The highest BCUT2D eigenvalue weighted by Crippen LogP contribution is 2.14. The molecule has 1 heterocycles. The molecule has 0 N–H and O–H groups in total. The largest absolute Gasteiger partial charge is 0.293 e. The highest BCUT2D eigenvalue weighted by atomic mass is 32.2. The quantitative estimate of drug-likeness (QED) is 0.731. The summed E-state index contributed by atoms with van der Waals surface area (Å²) in [5, 5.41) is 0. The van der Waals surface area contributed by atoms with Crippen molar-refractivity contribution in [1.82, 2.24) is 9.21 Å². The van der Waals surface area contributed by atoms with E-state index in [4.69, 9.17) is 0 Å². The van der Waals surface area contributed by atoms with Crippen molar-refractivity contribution in [2.24, 2.45) is 0 Å². The molecule has 0 aromatic heterocycles. The lowest BCUT2D eigenvalue weighted by Crippen LogP contribution is -2.50. The second kappa shape index (κ2) is 8.12. The maximum atomic E-state index is 12.6. The van der Waals surface area contributed by atoms with Gasteiger partial charge < -0.3 is 0 Å². The fraction of sp³-hybridized carbons (Fsp3) is 0.350. The van der Waals surface area contributed by atoms with E-state index in [1.165, 1.54) is 4.31 Å². The maximum absolute atomic E-state index is 12.6. The summed E-state index contributed by atoms with van der Waals surface area (Å²) in [5.41, 5.74) is 2.62. The summed E-state index contributed by atoms with van der Waals surface area (Å²) in [7, 11) is -3.32. The van der Waals surface area contributed by atoms with Crippen molar-refractivity contribution in [3.8, 4) is 0 Å². The summed E-state index contributed by atoms with van der Waals surface area (Å²) in [5.74, 6) is 0.0986. The van der Waals surface area contributed by atoms with Crippen molar-refractivity contribution < 1.29 is 13.2 Å². The van der Waals surface area contributed by atoms with Gasteiger partial charge in [-0.25, -0.2) is 8.42 Å². The van der Waals surface area contributed by atoms with Crippen LogP contribution in [0.25, 0.3) is 0 Å². The number of sulfonamides is 1. The molecule has 0 radical (unpaired) electrons. The monoisotopic (exact) mass is 372 g/mol. The molecular weight excluding hydrogens is 348 g/mol. The normalized spacial score (nSPS) is 16.5. The molecular formula is C20H24N2O3S. The van der Waals surface area contributed by atoms with Crippen molar-refractivity contribution in [3.63, 3.8) is 0 Å². The van der Waals surface area contributed by atoms with E-state index in [1.807, 2.05) is 66.4 Å². The van der Waals surface area contributed by atoms with Crippen molar-refractivity contribution in [2.45, 2.75) is 12.7 Å². The van der Waals surface area contributed by atoms with Gasteiger partial charge in [0, 0.05) is 31.7 Å². The van der Waals surface area contributed by atoms with Crippen LogP contribution in [0.5, 0.6) is 0 Å². The standard InChI is InChI=1S/C20H24N2O3S/c1-17-7-9-19(10-8-17)20(23)15-21-11-13-22(14-12-21)26(24,25)16-18-5-3-2-4-6-18/h2-10H,11-16H2,1H3. The first-order valence-corrected chi connectivity index (χ1v) is 10.4. The smallest absolute Gasteiger partial charge is 0.218 e. The van der Waals surface area contributed by atoms with Crippen LogP contribution in [0.1, 0.15) is 21.5 Å². The highest BCUT2D eigenvalue weighted by Gasteiger charge is 2.27. The van der Waals surface area contributed by atoms with Gasteiger partial charge in [0.2, 0.25) is 10.0 Å². The first-order chi connectivity index (χ1) is 12.4. The van der Waals surface area contributed by atoms with Gasteiger partial charge in [-0.2, -0.15) is 4.31 Å². The average molecular weight is 372 g/mol. The molecule has 0 saturated carbocycles. The number of carbonyl (C=O) groups excluding carboxylic acids is 1. The fourth-order valence-electron chi connectivity index (χ4n) is 3.08. The second-order valence-electron chi connectivity index (χ2n) is 6.71. The molecule has 138 valence electrons. The van der Waals surface area contributed by atoms with E-state index in [9.17, 15) is 13.2 Å². The first kappa shape index (κ1) is 18.8. The first-order valence-electron chi connectivity index (χ1n) is 8.78. The Balaban J connectivity index is 1.53. The van der Waals surface area contributed by atoms with Crippen LogP contribution in [0.15, 0.2) is 54.6 Å². The minimum Gasteiger partial charge on any atom is -0.293 e. The molecule has 0 aliphatic carbocycles. The van der Waals surface area contributed by atoms with Crippen molar-refractivity contribution >= 4 is 15.8 Å².